The van der Waals surface area contributed by atoms with Crippen molar-refractivity contribution in [2.45, 2.75) is 34.2 Å². The molecule has 0 aliphatic carbocycles. The van der Waals surface area contributed by atoms with Gasteiger partial charge in [0.15, 0.2) is 5.82 Å². The predicted molar refractivity (Wildman–Crippen MR) is 50.2 cm³/mol. The molecule has 1 aromatic rings. The fraction of sp³-hybridized carbons (Fsp3) is 0.778. The van der Waals surface area contributed by atoms with Crippen LogP contribution >= 0.6 is 0 Å². The normalized spacial score (nSPS) is 12.0. The van der Waals surface area contributed by atoms with Crippen LogP contribution < -0.4 is 5.32 Å². The molecule has 1 rings (SSSR count). The van der Waals surface area contributed by atoms with Crippen LogP contribution in [0.2, 0.25) is 0 Å². The SMILES string of the molecule is Cc1noc(CNCC(C)(C)C)n1. The van der Waals surface area contributed by atoms with Gasteiger partial charge in [-0.15, -0.1) is 0 Å². The molecule has 0 aliphatic heterocycles. The molecule has 0 radical (unpaired) electrons. The van der Waals surface area contributed by atoms with Crippen molar-refractivity contribution in [1.29, 1.82) is 0 Å². The molecule has 0 bridgehead atoms. The van der Waals surface area contributed by atoms with Crippen LogP contribution in [-0.2, 0) is 6.54 Å². The summed E-state index contributed by atoms with van der Waals surface area (Å²) < 4.78 is 4.96. The Bertz CT molecular complexity index is 262. The Morgan fingerprint density at radius 2 is 2.08 bits per heavy atom. The van der Waals surface area contributed by atoms with E-state index in [2.05, 4.69) is 36.2 Å². The Morgan fingerprint density at radius 3 is 2.54 bits per heavy atom. The first kappa shape index (κ1) is 10.2. The van der Waals surface area contributed by atoms with Crippen molar-refractivity contribution in [3.8, 4) is 0 Å². The van der Waals surface area contributed by atoms with Crippen LogP contribution in [0.25, 0.3) is 0 Å². The Balaban J connectivity index is 2.28. The largest absolute Gasteiger partial charge is 0.338 e. The number of aromatic nitrogens is 2. The minimum absolute atomic E-state index is 0.287. The quantitative estimate of drug-likeness (QED) is 0.771. The van der Waals surface area contributed by atoms with Gasteiger partial charge in [0.1, 0.15) is 0 Å². The lowest BCUT2D eigenvalue weighted by molar-refractivity contribution is 0.335. The minimum atomic E-state index is 0.287. The number of nitrogens with zero attached hydrogens (tertiary/aromatic N) is 2. The van der Waals surface area contributed by atoms with E-state index in [0.29, 0.717) is 18.3 Å². The molecule has 0 saturated heterocycles. The lowest BCUT2D eigenvalue weighted by Gasteiger charge is -2.17. The van der Waals surface area contributed by atoms with Crippen LogP contribution in [0.5, 0.6) is 0 Å². The van der Waals surface area contributed by atoms with E-state index in [1.807, 2.05) is 6.92 Å². The highest BCUT2D eigenvalue weighted by Crippen LogP contribution is 2.10. The van der Waals surface area contributed by atoms with Crippen LogP contribution in [0.3, 0.4) is 0 Å². The average Bonchev–Trinajstić information content (AvgIpc) is 2.33. The maximum atomic E-state index is 4.96. The van der Waals surface area contributed by atoms with Gasteiger partial charge in [0, 0.05) is 6.54 Å². The molecule has 4 heteroatoms. The summed E-state index contributed by atoms with van der Waals surface area (Å²) in [7, 11) is 0. The lowest BCUT2D eigenvalue weighted by Crippen LogP contribution is -2.26. The van der Waals surface area contributed by atoms with Crippen molar-refractivity contribution in [1.82, 2.24) is 15.5 Å². The van der Waals surface area contributed by atoms with E-state index >= 15 is 0 Å². The van der Waals surface area contributed by atoms with E-state index in [-0.39, 0.29) is 5.41 Å². The van der Waals surface area contributed by atoms with Crippen LogP contribution in [0.15, 0.2) is 4.52 Å². The molecule has 74 valence electrons. The highest BCUT2D eigenvalue weighted by molar-refractivity contribution is 4.82. The summed E-state index contributed by atoms with van der Waals surface area (Å²) in [6.07, 6.45) is 0. The summed E-state index contributed by atoms with van der Waals surface area (Å²) in [4.78, 5) is 4.09. The first-order valence-electron chi connectivity index (χ1n) is 4.47. The summed E-state index contributed by atoms with van der Waals surface area (Å²) in [6.45, 7) is 9.94. The molecule has 4 nitrogen and oxygen atoms in total. The fourth-order valence-corrected chi connectivity index (χ4v) is 0.956. The molecule has 0 unspecified atom stereocenters. The summed E-state index contributed by atoms with van der Waals surface area (Å²) in [5.41, 5.74) is 0.287. The van der Waals surface area contributed by atoms with Crippen molar-refractivity contribution >= 4 is 0 Å². The second-order valence-electron chi connectivity index (χ2n) is 4.40. The molecular weight excluding hydrogens is 166 g/mol. The predicted octanol–water partition coefficient (Wildman–Crippen LogP) is 1.51. The topological polar surface area (TPSA) is 51.0 Å². The molecule has 0 amide bonds. The maximum absolute atomic E-state index is 4.96. The number of hydrogen-bond donors (Lipinski definition) is 1. The van der Waals surface area contributed by atoms with Gasteiger partial charge in [0.2, 0.25) is 5.89 Å². The van der Waals surface area contributed by atoms with E-state index < -0.39 is 0 Å². The molecule has 0 fully saturated rings. The zero-order chi connectivity index (χ0) is 9.90. The highest BCUT2D eigenvalue weighted by Gasteiger charge is 2.10. The van der Waals surface area contributed by atoms with Gasteiger partial charge in [-0.05, 0) is 12.3 Å². The fourth-order valence-electron chi connectivity index (χ4n) is 0.956. The maximum Gasteiger partial charge on any atom is 0.240 e. The molecule has 13 heavy (non-hydrogen) atoms. The van der Waals surface area contributed by atoms with Crippen LogP contribution in [0.4, 0.5) is 0 Å². The minimum Gasteiger partial charge on any atom is -0.338 e. The van der Waals surface area contributed by atoms with Gasteiger partial charge in [-0.25, -0.2) is 0 Å². The summed E-state index contributed by atoms with van der Waals surface area (Å²) >= 11 is 0. The third kappa shape index (κ3) is 4.03. The second-order valence-corrected chi connectivity index (χ2v) is 4.40. The van der Waals surface area contributed by atoms with Crippen LogP contribution in [0.1, 0.15) is 32.5 Å². The Labute approximate surface area is 78.7 Å². The highest BCUT2D eigenvalue weighted by atomic mass is 16.5. The number of hydrogen-bond acceptors (Lipinski definition) is 4. The van der Waals surface area contributed by atoms with Crippen molar-refractivity contribution < 1.29 is 4.52 Å². The molecule has 0 spiro atoms. The number of rotatable bonds is 3. The van der Waals surface area contributed by atoms with Gasteiger partial charge in [-0.1, -0.05) is 25.9 Å². The molecule has 0 atom stereocenters. The molecule has 1 N–H and O–H groups in total. The Kier molecular flexibility index (Phi) is 3.03. The van der Waals surface area contributed by atoms with Crippen LogP contribution in [0, 0.1) is 12.3 Å². The van der Waals surface area contributed by atoms with E-state index in [4.69, 9.17) is 4.52 Å². The zero-order valence-electron chi connectivity index (χ0n) is 8.72. The van der Waals surface area contributed by atoms with Gasteiger partial charge in [0.05, 0.1) is 6.54 Å². The van der Waals surface area contributed by atoms with Crippen molar-refractivity contribution in [2.75, 3.05) is 6.54 Å². The molecule has 1 heterocycles. The van der Waals surface area contributed by atoms with E-state index in [9.17, 15) is 0 Å². The zero-order valence-corrected chi connectivity index (χ0v) is 8.72. The smallest absolute Gasteiger partial charge is 0.240 e. The Hall–Kier alpha value is -0.900. The molecule has 1 aromatic heterocycles. The summed E-state index contributed by atoms with van der Waals surface area (Å²) in [5, 5.41) is 6.96. The third-order valence-corrected chi connectivity index (χ3v) is 1.50. The van der Waals surface area contributed by atoms with E-state index in [1.54, 1.807) is 0 Å². The molecule has 0 aromatic carbocycles. The third-order valence-electron chi connectivity index (χ3n) is 1.50. The number of aryl methyl sites for hydroxylation is 1. The first-order valence-corrected chi connectivity index (χ1v) is 4.47. The van der Waals surface area contributed by atoms with Gasteiger partial charge < -0.3 is 9.84 Å². The molecular formula is C9H17N3O. The van der Waals surface area contributed by atoms with E-state index in [1.165, 1.54) is 0 Å². The van der Waals surface area contributed by atoms with Gasteiger partial charge in [0.25, 0.3) is 0 Å². The average molecular weight is 183 g/mol. The summed E-state index contributed by atoms with van der Waals surface area (Å²) in [6, 6.07) is 0. The lowest BCUT2D eigenvalue weighted by atomic mass is 9.97. The monoisotopic (exact) mass is 183 g/mol. The van der Waals surface area contributed by atoms with Crippen molar-refractivity contribution in [2.24, 2.45) is 5.41 Å². The van der Waals surface area contributed by atoms with Gasteiger partial charge in [-0.2, -0.15) is 4.98 Å². The standard InChI is InChI=1S/C9H17N3O/c1-7-11-8(13-12-7)5-10-6-9(2,3)4/h10H,5-6H2,1-4H3. The second kappa shape index (κ2) is 3.87. The van der Waals surface area contributed by atoms with Gasteiger partial charge >= 0.3 is 0 Å². The molecule has 0 saturated carbocycles. The first-order chi connectivity index (χ1) is 5.97. The number of nitrogens with one attached hydrogen (secondary N) is 1. The van der Waals surface area contributed by atoms with Gasteiger partial charge in [-0.3, -0.25) is 0 Å². The van der Waals surface area contributed by atoms with Crippen molar-refractivity contribution in [3.63, 3.8) is 0 Å². The van der Waals surface area contributed by atoms with Crippen LogP contribution in [-0.4, -0.2) is 16.7 Å². The van der Waals surface area contributed by atoms with Crippen molar-refractivity contribution in [3.05, 3.63) is 11.7 Å². The molecule has 0 aliphatic rings. The summed E-state index contributed by atoms with van der Waals surface area (Å²) in [5.74, 6) is 1.34. The Morgan fingerprint density at radius 1 is 1.38 bits per heavy atom. The van der Waals surface area contributed by atoms with E-state index in [0.717, 1.165) is 6.54 Å².